The van der Waals surface area contributed by atoms with Crippen LogP contribution >= 0.6 is 11.8 Å². The van der Waals surface area contributed by atoms with Gasteiger partial charge in [0.05, 0.1) is 25.0 Å². The molecule has 4 aromatic heterocycles. The zero-order chi connectivity index (χ0) is 23.8. The van der Waals surface area contributed by atoms with Crippen molar-refractivity contribution in [3.63, 3.8) is 0 Å². The van der Waals surface area contributed by atoms with Crippen molar-refractivity contribution in [3.05, 3.63) is 73.0 Å². The van der Waals surface area contributed by atoms with Crippen molar-refractivity contribution in [1.29, 1.82) is 10.8 Å². The first-order valence-corrected chi connectivity index (χ1v) is 11.2. The maximum atomic E-state index is 8.69. The summed E-state index contributed by atoms with van der Waals surface area (Å²) in [6, 6.07) is 9.35. The Bertz CT molecular complexity index is 1600. The number of benzene rings is 1. The summed E-state index contributed by atoms with van der Waals surface area (Å²) < 4.78 is 10.8. The van der Waals surface area contributed by atoms with Gasteiger partial charge < -0.3 is 4.74 Å². The van der Waals surface area contributed by atoms with Crippen molar-refractivity contribution >= 4 is 27.8 Å². The van der Waals surface area contributed by atoms with Gasteiger partial charge in [0.2, 0.25) is 0 Å². The smallest absolute Gasteiger partial charge is 0.171 e. The molecule has 0 aliphatic carbocycles. The predicted molar refractivity (Wildman–Crippen MR) is 132 cm³/mol. The molecule has 2 N–H and O–H groups in total. The molecule has 0 fully saturated rings. The molecule has 0 atom stereocenters. The molecule has 0 aliphatic heterocycles. The number of fused-ring (bicyclic) bond motifs is 1. The molecule has 5 aromatic rings. The Morgan fingerprint density at radius 2 is 1.65 bits per heavy atom. The Labute approximate surface area is 199 Å². The number of rotatable bonds is 4. The van der Waals surface area contributed by atoms with Gasteiger partial charge in [-0.15, -0.1) is 0 Å². The number of hydrogen-bond donors (Lipinski definition) is 2. The molecule has 0 radical (unpaired) electrons. The number of methoxy groups -OCH3 is 1. The van der Waals surface area contributed by atoms with Crippen molar-refractivity contribution in [2.75, 3.05) is 7.11 Å². The Morgan fingerprint density at radius 1 is 0.912 bits per heavy atom. The molecule has 9 nitrogen and oxygen atoms in total. The fourth-order valence-corrected chi connectivity index (χ4v) is 4.55. The molecular weight excluding hydrogens is 448 g/mol. The van der Waals surface area contributed by atoms with E-state index in [1.54, 1.807) is 51.9 Å². The van der Waals surface area contributed by atoms with E-state index in [0.717, 1.165) is 38.1 Å². The van der Waals surface area contributed by atoms with E-state index >= 15 is 0 Å². The summed E-state index contributed by atoms with van der Waals surface area (Å²) in [5.41, 5.74) is 4.61. The third kappa shape index (κ3) is 3.99. The van der Waals surface area contributed by atoms with Crippen LogP contribution in [0.2, 0.25) is 0 Å². The second-order valence-electron chi connectivity index (χ2n) is 7.77. The molecule has 1 aromatic carbocycles. The summed E-state index contributed by atoms with van der Waals surface area (Å²) >= 11 is 1.27. The van der Waals surface area contributed by atoms with Crippen LogP contribution in [0.5, 0.6) is 5.75 Å². The summed E-state index contributed by atoms with van der Waals surface area (Å²) in [6.07, 6.45) is 10.9. The van der Waals surface area contributed by atoms with Crippen molar-refractivity contribution in [2.45, 2.75) is 4.90 Å². The van der Waals surface area contributed by atoms with Gasteiger partial charge in [0.15, 0.2) is 5.17 Å². The van der Waals surface area contributed by atoms with Crippen LogP contribution in [0.4, 0.5) is 0 Å². The van der Waals surface area contributed by atoms with Gasteiger partial charge >= 0.3 is 0 Å². The highest BCUT2D eigenvalue weighted by atomic mass is 32.2. The highest BCUT2D eigenvalue weighted by molar-refractivity contribution is 8.13. The Kier molecular flexibility index (Phi) is 5.50. The lowest BCUT2D eigenvalue weighted by Crippen LogP contribution is -2.23. The molecule has 0 saturated heterocycles. The number of thioether (sulfide) groups is 1. The minimum atomic E-state index is 0.213. The van der Waals surface area contributed by atoms with Gasteiger partial charge in [0, 0.05) is 71.4 Å². The van der Waals surface area contributed by atoms with Gasteiger partial charge in [-0.3, -0.25) is 29.7 Å². The van der Waals surface area contributed by atoms with Crippen molar-refractivity contribution in [2.24, 2.45) is 14.1 Å². The van der Waals surface area contributed by atoms with E-state index in [0.29, 0.717) is 5.75 Å². The fraction of sp³-hybridized carbons (Fsp3) is 0.125. The second kappa shape index (κ2) is 8.64. The maximum absolute atomic E-state index is 8.69. The van der Waals surface area contributed by atoms with E-state index in [1.165, 1.54) is 11.8 Å². The number of hydrogen-bond acceptors (Lipinski definition) is 7. The van der Waals surface area contributed by atoms with Crippen LogP contribution < -0.4 is 10.2 Å². The Hall–Kier alpha value is -4.18. The van der Waals surface area contributed by atoms with Crippen LogP contribution in [0.15, 0.2) is 72.4 Å². The Morgan fingerprint density at radius 3 is 2.32 bits per heavy atom. The number of nitrogens with zero attached hydrogens (tertiary/aromatic N) is 6. The molecule has 4 heterocycles. The highest BCUT2D eigenvalue weighted by Gasteiger charge is 2.15. The summed E-state index contributed by atoms with van der Waals surface area (Å²) in [5, 5.41) is 26.5. The average molecular weight is 471 g/mol. The predicted octanol–water partition coefficient (Wildman–Crippen LogP) is 3.90. The first-order valence-electron chi connectivity index (χ1n) is 10.4. The second-order valence-corrected chi connectivity index (χ2v) is 8.83. The molecule has 0 unspecified atom stereocenters. The SMILES string of the molecule is COc1c(-c2cnn(C)c2)cnc2ccc(SC(=N)n3cc(-c4cnn(C)c4)ccc3=N)cc12. The molecule has 10 heteroatoms. The first kappa shape index (κ1) is 21.7. The van der Waals surface area contributed by atoms with Gasteiger partial charge in [-0.1, -0.05) is 11.8 Å². The van der Waals surface area contributed by atoms with E-state index in [1.807, 2.05) is 50.8 Å². The van der Waals surface area contributed by atoms with Crippen molar-refractivity contribution < 1.29 is 4.74 Å². The molecule has 34 heavy (non-hydrogen) atoms. The van der Waals surface area contributed by atoms with Gasteiger partial charge in [0.25, 0.3) is 0 Å². The van der Waals surface area contributed by atoms with E-state index in [-0.39, 0.29) is 10.7 Å². The fourth-order valence-electron chi connectivity index (χ4n) is 3.77. The molecule has 0 bridgehead atoms. The summed E-state index contributed by atoms with van der Waals surface area (Å²) in [6.45, 7) is 0. The van der Waals surface area contributed by atoms with E-state index in [9.17, 15) is 0 Å². The molecule has 0 aliphatic rings. The van der Waals surface area contributed by atoms with E-state index in [2.05, 4.69) is 15.2 Å². The number of aryl methyl sites for hydroxylation is 2. The van der Waals surface area contributed by atoms with Gasteiger partial charge in [-0.05, 0) is 30.3 Å². The van der Waals surface area contributed by atoms with E-state index < -0.39 is 0 Å². The van der Waals surface area contributed by atoms with Crippen molar-refractivity contribution in [3.8, 4) is 28.0 Å². The van der Waals surface area contributed by atoms with Crippen LogP contribution in [0.25, 0.3) is 33.2 Å². The van der Waals surface area contributed by atoms with Crippen molar-refractivity contribution in [1.82, 2.24) is 29.1 Å². The first-order chi connectivity index (χ1) is 16.4. The minimum Gasteiger partial charge on any atom is -0.495 e. The Balaban J connectivity index is 1.50. The van der Waals surface area contributed by atoms with Gasteiger partial charge in [0.1, 0.15) is 11.2 Å². The number of nitrogens with one attached hydrogen (secondary N) is 2. The lowest BCUT2D eigenvalue weighted by Gasteiger charge is -2.13. The highest BCUT2D eigenvalue weighted by Crippen LogP contribution is 2.37. The van der Waals surface area contributed by atoms with E-state index in [4.69, 9.17) is 15.6 Å². The van der Waals surface area contributed by atoms with Crippen LogP contribution in [0.1, 0.15) is 0 Å². The lowest BCUT2D eigenvalue weighted by atomic mass is 10.1. The standard InChI is InChI=1S/C24H22N8OS/c1-30-12-16(9-28-30)15-4-7-22(25)32(14-15)24(26)34-18-5-6-21-19(8-18)23(33-3)20(11-27-21)17-10-29-31(2)13-17/h4-14,25-26H,1-3H3. The molecule has 0 saturated carbocycles. The third-order valence-corrected chi connectivity index (χ3v) is 6.31. The molecule has 0 amide bonds. The van der Waals surface area contributed by atoms with Crippen LogP contribution in [0, 0.1) is 10.8 Å². The van der Waals surface area contributed by atoms with Crippen LogP contribution in [-0.4, -0.2) is 41.4 Å². The normalized spacial score (nSPS) is 11.1. The zero-order valence-corrected chi connectivity index (χ0v) is 19.7. The van der Waals surface area contributed by atoms with Crippen LogP contribution in [0.3, 0.4) is 0 Å². The lowest BCUT2D eigenvalue weighted by molar-refractivity contribution is 0.421. The third-order valence-electron chi connectivity index (χ3n) is 5.43. The average Bonchev–Trinajstić information content (AvgIpc) is 3.46. The molecule has 170 valence electrons. The number of aromatic nitrogens is 6. The van der Waals surface area contributed by atoms with Gasteiger partial charge in [-0.2, -0.15) is 10.2 Å². The summed E-state index contributed by atoms with van der Waals surface area (Å²) in [4.78, 5) is 5.44. The zero-order valence-electron chi connectivity index (χ0n) is 18.9. The maximum Gasteiger partial charge on any atom is 0.171 e. The molecule has 0 spiro atoms. The molecule has 5 rings (SSSR count). The summed E-state index contributed by atoms with van der Waals surface area (Å²) in [7, 11) is 5.37. The summed E-state index contributed by atoms with van der Waals surface area (Å²) in [5.74, 6) is 0.708. The monoisotopic (exact) mass is 470 g/mol. The quantitative estimate of drug-likeness (QED) is 0.235. The van der Waals surface area contributed by atoms with Gasteiger partial charge in [-0.25, -0.2) is 0 Å². The minimum absolute atomic E-state index is 0.213. The topological polar surface area (TPSA) is 110 Å². The number of ether oxygens (including phenoxy) is 1. The van der Waals surface area contributed by atoms with Crippen LogP contribution in [-0.2, 0) is 14.1 Å². The number of pyridine rings is 2. The molecular formula is C24H22N8OS. The largest absolute Gasteiger partial charge is 0.495 e.